The van der Waals surface area contributed by atoms with E-state index >= 15 is 0 Å². The molecule has 0 aliphatic carbocycles. The summed E-state index contributed by atoms with van der Waals surface area (Å²) in [5, 5.41) is 13.5. The van der Waals surface area contributed by atoms with Gasteiger partial charge in [-0.15, -0.1) is 0 Å². The van der Waals surface area contributed by atoms with Crippen LogP contribution in [0.15, 0.2) is 53.5 Å². The Bertz CT molecular complexity index is 770. The highest BCUT2D eigenvalue weighted by molar-refractivity contribution is 5.80. The zero-order chi connectivity index (χ0) is 19.1. The summed E-state index contributed by atoms with van der Waals surface area (Å²) in [6, 6.07) is 15.5. The van der Waals surface area contributed by atoms with E-state index in [9.17, 15) is 5.11 Å². The number of phenolic OH excluding ortho intramolecular Hbond substituents is 1. The molecule has 2 aromatic carbocycles. The van der Waals surface area contributed by atoms with Crippen molar-refractivity contribution in [2.75, 3.05) is 44.7 Å². The van der Waals surface area contributed by atoms with Gasteiger partial charge in [0.15, 0.2) is 5.96 Å². The second-order valence-electron chi connectivity index (χ2n) is 6.48. The van der Waals surface area contributed by atoms with E-state index in [0.717, 1.165) is 55.7 Å². The smallest absolute Gasteiger partial charge is 0.194 e. The molecule has 6 nitrogen and oxygen atoms in total. The van der Waals surface area contributed by atoms with Gasteiger partial charge in [-0.3, -0.25) is 0 Å². The summed E-state index contributed by atoms with van der Waals surface area (Å²) >= 11 is 0. The van der Waals surface area contributed by atoms with Crippen LogP contribution in [0.25, 0.3) is 0 Å². The fourth-order valence-electron chi connectivity index (χ4n) is 3.25. The van der Waals surface area contributed by atoms with Crippen LogP contribution in [-0.4, -0.2) is 55.8 Å². The highest BCUT2D eigenvalue weighted by atomic mass is 16.5. The largest absolute Gasteiger partial charge is 0.506 e. The van der Waals surface area contributed by atoms with E-state index in [1.54, 1.807) is 13.2 Å². The number of hydrogen-bond acceptors (Lipinski definition) is 4. The van der Waals surface area contributed by atoms with Gasteiger partial charge in [0.25, 0.3) is 0 Å². The Morgan fingerprint density at radius 1 is 1.11 bits per heavy atom. The van der Waals surface area contributed by atoms with E-state index in [4.69, 9.17) is 9.73 Å². The Morgan fingerprint density at radius 3 is 2.59 bits per heavy atom. The molecule has 0 atom stereocenters. The molecule has 27 heavy (non-hydrogen) atoms. The number of piperazine rings is 1. The number of anilines is 1. The number of aromatic hydroxyl groups is 1. The second kappa shape index (κ2) is 9.16. The number of ether oxygens (including phenoxy) is 1. The molecule has 0 radical (unpaired) electrons. The third-order valence-corrected chi connectivity index (χ3v) is 4.68. The van der Waals surface area contributed by atoms with Crippen LogP contribution in [0, 0.1) is 0 Å². The minimum Gasteiger partial charge on any atom is -0.506 e. The predicted molar refractivity (Wildman–Crippen MR) is 110 cm³/mol. The lowest BCUT2D eigenvalue weighted by Gasteiger charge is -2.37. The normalized spacial score (nSPS) is 15.0. The average Bonchev–Trinajstić information content (AvgIpc) is 2.72. The summed E-state index contributed by atoms with van der Waals surface area (Å²) in [6.45, 7) is 6.94. The SMILES string of the molecule is CCNC(=NCc1cccc(OC)c1)N1CCN(c2ccccc2O)CC1. The third-order valence-electron chi connectivity index (χ3n) is 4.68. The van der Waals surface area contributed by atoms with Crippen molar-refractivity contribution in [1.29, 1.82) is 0 Å². The van der Waals surface area contributed by atoms with Gasteiger partial charge in [0, 0.05) is 32.7 Å². The first-order chi connectivity index (χ1) is 13.2. The first-order valence-electron chi connectivity index (χ1n) is 9.40. The summed E-state index contributed by atoms with van der Waals surface area (Å²) < 4.78 is 5.29. The fourth-order valence-corrected chi connectivity index (χ4v) is 3.25. The van der Waals surface area contributed by atoms with E-state index < -0.39 is 0 Å². The Morgan fingerprint density at radius 2 is 1.89 bits per heavy atom. The maximum Gasteiger partial charge on any atom is 0.194 e. The number of rotatable bonds is 5. The van der Waals surface area contributed by atoms with Gasteiger partial charge in [-0.05, 0) is 36.8 Å². The third kappa shape index (κ3) is 4.84. The van der Waals surface area contributed by atoms with Crippen LogP contribution in [0.3, 0.4) is 0 Å². The highest BCUT2D eigenvalue weighted by Gasteiger charge is 2.21. The Balaban J connectivity index is 1.64. The van der Waals surface area contributed by atoms with Crippen LogP contribution in [0.2, 0.25) is 0 Å². The standard InChI is InChI=1S/C21H28N4O2/c1-3-22-21(23-16-17-7-6-8-18(15-17)27-2)25-13-11-24(12-14-25)19-9-4-5-10-20(19)26/h4-10,15,26H,3,11-14,16H2,1-2H3,(H,22,23). The molecule has 1 aliphatic rings. The van der Waals surface area contributed by atoms with Gasteiger partial charge in [-0.1, -0.05) is 24.3 Å². The average molecular weight is 368 g/mol. The molecule has 1 aliphatic heterocycles. The molecule has 0 spiro atoms. The number of benzene rings is 2. The lowest BCUT2D eigenvalue weighted by molar-refractivity contribution is 0.369. The molecule has 1 saturated heterocycles. The van der Waals surface area contributed by atoms with E-state index in [1.165, 1.54) is 0 Å². The molecule has 1 fully saturated rings. The van der Waals surface area contributed by atoms with Gasteiger partial charge in [0.1, 0.15) is 11.5 Å². The Labute approximate surface area is 161 Å². The summed E-state index contributed by atoms with van der Waals surface area (Å²) in [4.78, 5) is 9.30. The molecule has 6 heteroatoms. The lowest BCUT2D eigenvalue weighted by atomic mass is 10.2. The van der Waals surface area contributed by atoms with Crippen LogP contribution >= 0.6 is 0 Å². The first-order valence-corrected chi connectivity index (χ1v) is 9.40. The monoisotopic (exact) mass is 368 g/mol. The maximum absolute atomic E-state index is 10.1. The molecule has 0 aromatic heterocycles. The molecule has 0 amide bonds. The molecular formula is C21H28N4O2. The molecule has 0 bridgehead atoms. The molecule has 144 valence electrons. The minimum atomic E-state index is 0.338. The van der Waals surface area contributed by atoms with Gasteiger partial charge in [-0.25, -0.2) is 4.99 Å². The fraction of sp³-hybridized carbons (Fsp3) is 0.381. The Kier molecular flexibility index (Phi) is 6.41. The number of methoxy groups -OCH3 is 1. The number of hydrogen-bond donors (Lipinski definition) is 2. The molecule has 0 unspecified atom stereocenters. The van der Waals surface area contributed by atoms with E-state index in [0.29, 0.717) is 12.3 Å². The first kappa shape index (κ1) is 18.9. The van der Waals surface area contributed by atoms with Gasteiger partial charge in [-0.2, -0.15) is 0 Å². The summed E-state index contributed by atoms with van der Waals surface area (Å²) in [7, 11) is 1.68. The zero-order valence-corrected chi connectivity index (χ0v) is 16.1. The van der Waals surface area contributed by atoms with Crippen LogP contribution in [0.5, 0.6) is 11.5 Å². The van der Waals surface area contributed by atoms with Gasteiger partial charge in [0.2, 0.25) is 0 Å². The van der Waals surface area contributed by atoms with Gasteiger partial charge < -0.3 is 25.0 Å². The van der Waals surface area contributed by atoms with Crippen molar-refractivity contribution in [3.8, 4) is 11.5 Å². The Hall–Kier alpha value is -2.89. The lowest BCUT2D eigenvalue weighted by Crippen LogP contribution is -2.52. The van der Waals surface area contributed by atoms with E-state index in [2.05, 4.69) is 28.1 Å². The number of aliphatic imine (C=N–C) groups is 1. The van der Waals surface area contributed by atoms with Crippen molar-refractivity contribution in [2.45, 2.75) is 13.5 Å². The van der Waals surface area contributed by atoms with Crippen molar-refractivity contribution in [3.05, 3.63) is 54.1 Å². The van der Waals surface area contributed by atoms with Crippen molar-refractivity contribution < 1.29 is 9.84 Å². The minimum absolute atomic E-state index is 0.338. The quantitative estimate of drug-likeness (QED) is 0.628. The maximum atomic E-state index is 10.1. The molecule has 2 aromatic rings. The summed E-state index contributed by atoms with van der Waals surface area (Å²) in [5.41, 5.74) is 2.02. The summed E-state index contributed by atoms with van der Waals surface area (Å²) in [6.07, 6.45) is 0. The van der Waals surface area contributed by atoms with Crippen LogP contribution in [0.1, 0.15) is 12.5 Å². The van der Waals surface area contributed by atoms with Crippen molar-refractivity contribution in [2.24, 2.45) is 4.99 Å². The summed E-state index contributed by atoms with van der Waals surface area (Å²) in [5.74, 6) is 2.12. The number of guanidine groups is 1. The number of para-hydroxylation sites is 2. The second-order valence-corrected chi connectivity index (χ2v) is 6.48. The highest BCUT2D eigenvalue weighted by Crippen LogP contribution is 2.27. The number of nitrogens with one attached hydrogen (secondary N) is 1. The molecule has 3 rings (SSSR count). The molecule has 2 N–H and O–H groups in total. The molecule has 1 heterocycles. The van der Waals surface area contributed by atoms with Crippen LogP contribution < -0.4 is 15.0 Å². The van der Waals surface area contributed by atoms with Gasteiger partial charge in [0.05, 0.1) is 19.3 Å². The van der Waals surface area contributed by atoms with Gasteiger partial charge >= 0.3 is 0 Å². The van der Waals surface area contributed by atoms with Crippen LogP contribution in [-0.2, 0) is 6.54 Å². The van der Waals surface area contributed by atoms with E-state index in [-0.39, 0.29) is 0 Å². The molecule has 0 saturated carbocycles. The number of nitrogens with zero attached hydrogens (tertiary/aromatic N) is 3. The van der Waals surface area contributed by atoms with Crippen LogP contribution in [0.4, 0.5) is 5.69 Å². The van der Waals surface area contributed by atoms with Crippen molar-refractivity contribution in [1.82, 2.24) is 10.2 Å². The predicted octanol–water partition coefficient (Wildman–Crippen LogP) is 2.69. The van der Waals surface area contributed by atoms with E-state index in [1.807, 2.05) is 36.4 Å². The number of phenols is 1. The van der Waals surface area contributed by atoms with Crippen molar-refractivity contribution >= 4 is 11.6 Å². The van der Waals surface area contributed by atoms with Crippen molar-refractivity contribution in [3.63, 3.8) is 0 Å². The topological polar surface area (TPSA) is 60.3 Å². The zero-order valence-electron chi connectivity index (χ0n) is 16.1. The molecular weight excluding hydrogens is 340 g/mol.